The third-order valence-electron chi connectivity index (χ3n) is 4.45. The zero-order chi connectivity index (χ0) is 14.0. The van der Waals surface area contributed by atoms with Gasteiger partial charge in [0.1, 0.15) is 0 Å². The van der Waals surface area contributed by atoms with Crippen molar-refractivity contribution in [2.24, 2.45) is 11.7 Å². The molecule has 0 radical (unpaired) electrons. The Labute approximate surface area is 114 Å². The van der Waals surface area contributed by atoms with E-state index >= 15 is 0 Å². The van der Waals surface area contributed by atoms with Crippen LogP contribution in [-0.2, 0) is 6.42 Å². The summed E-state index contributed by atoms with van der Waals surface area (Å²) in [6.45, 7) is 4.17. The largest absolute Gasteiger partial charge is 0.327 e. The smallest absolute Gasteiger partial charge is 0.248 e. The van der Waals surface area contributed by atoms with E-state index in [1.165, 1.54) is 16.7 Å². The van der Waals surface area contributed by atoms with E-state index in [0.29, 0.717) is 12.8 Å². The van der Waals surface area contributed by atoms with Gasteiger partial charge in [0.05, 0.1) is 0 Å². The van der Waals surface area contributed by atoms with Crippen molar-refractivity contribution in [3.05, 3.63) is 34.9 Å². The standard InChI is InChI=1S/C16H23F2N/c1-11-4-3-5-12(2)14(11)10-15(19)13-6-8-16(17,18)9-7-13/h3-5,13,15H,6-10,19H2,1-2H3. The molecule has 1 fully saturated rings. The van der Waals surface area contributed by atoms with E-state index in [-0.39, 0.29) is 24.8 Å². The SMILES string of the molecule is Cc1cccc(C)c1CC(N)C1CCC(F)(F)CC1. The highest BCUT2D eigenvalue weighted by molar-refractivity contribution is 5.34. The summed E-state index contributed by atoms with van der Waals surface area (Å²) in [6.07, 6.45) is 1.91. The van der Waals surface area contributed by atoms with Crippen molar-refractivity contribution in [1.29, 1.82) is 0 Å². The average Bonchev–Trinajstić information content (AvgIpc) is 2.33. The molecule has 3 heteroatoms. The van der Waals surface area contributed by atoms with Gasteiger partial charge < -0.3 is 5.73 Å². The molecule has 0 amide bonds. The van der Waals surface area contributed by atoms with Crippen LogP contribution >= 0.6 is 0 Å². The Hall–Kier alpha value is -0.960. The van der Waals surface area contributed by atoms with Gasteiger partial charge in [0.25, 0.3) is 0 Å². The van der Waals surface area contributed by atoms with Crippen LogP contribution in [0.2, 0.25) is 0 Å². The topological polar surface area (TPSA) is 26.0 Å². The molecule has 0 spiro atoms. The lowest BCUT2D eigenvalue weighted by Crippen LogP contribution is -2.37. The predicted molar refractivity (Wildman–Crippen MR) is 74.5 cm³/mol. The summed E-state index contributed by atoms with van der Waals surface area (Å²) in [5.41, 5.74) is 10.0. The lowest BCUT2D eigenvalue weighted by atomic mass is 9.79. The number of halogens is 2. The summed E-state index contributed by atoms with van der Waals surface area (Å²) < 4.78 is 26.3. The van der Waals surface area contributed by atoms with Gasteiger partial charge in [-0.25, -0.2) is 8.78 Å². The van der Waals surface area contributed by atoms with Gasteiger partial charge in [-0.1, -0.05) is 18.2 Å². The minimum atomic E-state index is -2.46. The van der Waals surface area contributed by atoms with E-state index in [1.54, 1.807) is 0 Å². The van der Waals surface area contributed by atoms with Crippen molar-refractivity contribution < 1.29 is 8.78 Å². The lowest BCUT2D eigenvalue weighted by Gasteiger charge is -2.32. The maximum absolute atomic E-state index is 13.2. The molecule has 0 bridgehead atoms. The Kier molecular flexibility index (Phi) is 4.24. The molecule has 106 valence electrons. The van der Waals surface area contributed by atoms with Gasteiger partial charge >= 0.3 is 0 Å². The van der Waals surface area contributed by atoms with Gasteiger partial charge in [0, 0.05) is 18.9 Å². The highest BCUT2D eigenvalue weighted by Gasteiger charge is 2.36. The van der Waals surface area contributed by atoms with Crippen LogP contribution in [0.15, 0.2) is 18.2 Å². The van der Waals surface area contributed by atoms with Crippen molar-refractivity contribution in [2.75, 3.05) is 0 Å². The van der Waals surface area contributed by atoms with Gasteiger partial charge in [-0.05, 0) is 55.7 Å². The second kappa shape index (κ2) is 5.58. The molecule has 1 aliphatic rings. The van der Waals surface area contributed by atoms with Crippen LogP contribution < -0.4 is 5.73 Å². The molecule has 1 aromatic rings. The summed E-state index contributed by atoms with van der Waals surface area (Å²) in [6, 6.07) is 6.21. The van der Waals surface area contributed by atoms with E-state index in [9.17, 15) is 8.78 Å². The maximum Gasteiger partial charge on any atom is 0.248 e. The lowest BCUT2D eigenvalue weighted by molar-refractivity contribution is -0.0481. The van der Waals surface area contributed by atoms with Gasteiger partial charge in [0.2, 0.25) is 5.92 Å². The highest BCUT2D eigenvalue weighted by atomic mass is 19.3. The fraction of sp³-hybridized carbons (Fsp3) is 0.625. The van der Waals surface area contributed by atoms with E-state index in [4.69, 9.17) is 5.73 Å². The molecule has 1 nitrogen and oxygen atoms in total. The van der Waals surface area contributed by atoms with Crippen LogP contribution in [0.5, 0.6) is 0 Å². The molecule has 1 unspecified atom stereocenters. The van der Waals surface area contributed by atoms with Crippen LogP contribution in [0, 0.1) is 19.8 Å². The molecule has 1 aliphatic carbocycles. The molecule has 0 aliphatic heterocycles. The summed E-state index contributed by atoms with van der Waals surface area (Å²) >= 11 is 0. The van der Waals surface area contributed by atoms with Gasteiger partial charge in [-0.2, -0.15) is 0 Å². The average molecular weight is 267 g/mol. The van der Waals surface area contributed by atoms with Crippen molar-refractivity contribution in [3.63, 3.8) is 0 Å². The fourth-order valence-corrected chi connectivity index (χ4v) is 3.06. The number of hydrogen-bond donors (Lipinski definition) is 1. The van der Waals surface area contributed by atoms with Crippen LogP contribution in [0.4, 0.5) is 8.78 Å². The van der Waals surface area contributed by atoms with E-state index in [0.717, 1.165) is 6.42 Å². The molecule has 1 atom stereocenters. The molecule has 2 N–H and O–H groups in total. The van der Waals surface area contributed by atoms with Gasteiger partial charge in [0.15, 0.2) is 0 Å². The number of alkyl halides is 2. The molecule has 1 aromatic carbocycles. The van der Waals surface area contributed by atoms with Crippen molar-refractivity contribution in [2.45, 2.75) is 57.9 Å². The van der Waals surface area contributed by atoms with Gasteiger partial charge in [-0.3, -0.25) is 0 Å². The van der Waals surface area contributed by atoms with Gasteiger partial charge in [-0.15, -0.1) is 0 Å². The fourth-order valence-electron chi connectivity index (χ4n) is 3.06. The summed E-state index contributed by atoms with van der Waals surface area (Å²) in [5, 5.41) is 0. The summed E-state index contributed by atoms with van der Waals surface area (Å²) in [5.74, 6) is -2.23. The van der Waals surface area contributed by atoms with Crippen LogP contribution in [0.3, 0.4) is 0 Å². The minimum absolute atomic E-state index is 0.00186. The zero-order valence-corrected chi connectivity index (χ0v) is 11.8. The Morgan fingerprint density at radius 1 is 1.21 bits per heavy atom. The molecular weight excluding hydrogens is 244 g/mol. The monoisotopic (exact) mass is 267 g/mol. The quantitative estimate of drug-likeness (QED) is 0.880. The Balaban J connectivity index is 2.00. The maximum atomic E-state index is 13.2. The third kappa shape index (κ3) is 3.53. The second-order valence-electron chi connectivity index (χ2n) is 5.93. The molecule has 0 heterocycles. The Bertz CT molecular complexity index is 412. The highest BCUT2D eigenvalue weighted by Crippen LogP contribution is 2.37. The normalized spacial score (nSPS) is 21.3. The third-order valence-corrected chi connectivity index (χ3v) is 4.45. The van der Waals surface area contributed by atoms with E-state index in [1.807, 2.05) is 6.07 Å². The molecule has 19 heavy (non-hydrogen) atoms. The first-order chi connectivity index (χ1) is 8.89. The summed E-state index contributed by atoms with van der Waals surface area (Å²) in [7, 11) is 0. The van der Waals surface area contributed by atoms with E-state index in [2.05, 4.69) is 26.0 Å². The van der Waals surface area contributed by atoms with Crippen LogP contribution in [0.25, 0.3) is 0 Å². The molecule has 1 saturated carbocycles. The van der Waals surface area contributed by atoms with E-state index < -0.39 is 5.92 Å². The number of aryl methyl sites for hydroxylation is 2. The molecule has 0 saturated heterocycles. The van der Waals surface area contributed by atoms with Crippen molar-refractivity contribution in [1.82, 2.24) is 0 Å². The minimum Gasteiger partial charge on any atom is -0.327 e. The predicted octanol–water partition coefficient (Wildman–Crippen LogP) is 4.00. The molecule has 2 rings (SSSR count). The summed E-state index contributed by atoms with van der Waals surface area (Å²) in [4.78, 5) is 0. The first-order valence-corrected chi connectivity index (χ1v) is 7.07. The Morgan fingerprint density at radius 2 is 1.74 bits per heavy atom. The van der Waals surface area contributed by atoms with Crippen molar-refractivity contribution in [3.8, 4) is 0 Å². The number of benzene rings is 1. The number of rotatable bonds is 3. The molecular formula is C16H23F2N. The second-order valence-corrected chi connectivity index (χ2v) is 5.93. The van der Waals surface area contributed by atoms with Crippen LogP contribution in [-0.4, -0.2) is 12.0 Å². The zero-order valence-electron chi connectivity index (χ0n) is 11.8. The van der Waals surface area contributed by atoms with Crippen LogP contribution in [0.1, 0.15) is 42.4 Å². The van der Waals surface area contributed by atoms with Crippen molar-refractivity contribution >= 4 is 0 Å². The first-order valence-electron chi connectivity index (χ1n) is 7.07. The molecule has 0 aromatic heterocycles. The number of hydrogen-bond acceptors (Lipinski definition) is 1. The number of nitrogens with two attached hydrogens (primary N) is 1. The Morgan fingerprint density at radius 3 is 2.26 bits per heavy atom. The first kappa shape index (κ1) is 14.4.